The summed E-state index contributed by atoms with van der Waals surface area (Å²) in [4.78, 5) is 22.1. The van der Waals surface area contributed by atoms with Crippen molar-refractivity contribution in [1.82, 2.24) is 0 Å². The van der Waals surface area contributed by atoms with Crippen molar-refractivity contribution >= 4 is 11.9 Å². The minimum Gasteiger partial charge on any atom is -0.457 e. The van der Waals surface area contributed by atoms with E-state index in [1.165, 1.54) is 13.8 Å². The van der Waals surface area contributed by atoms with E-state index >= 15 is 0 Å². The van der Waals surface area contributed by atoms with E-state index < -0.39 is 30.6 Å². The van der Waals surface area contributed by atoms with E-state index in [0.29, 0.717) is 6.92 Å². The van der Waals surface area contributed by atoms with E-state index in [2.05, 4.69) is 16.1 Å². The fourth-order valence-corrected chi connectivity index (χ4v) is 0.624. The van der Waals surface area contributed by atoms with Crippen LogP contribution < -0.4 is 0 Å². The number of alkyl halides is 2. The first-order valence-corrected chi connectivity index (χ1v) is 4.54. The Bertz CT molecular complexity index is 294. The summed E-state index contributed by atoms with van der Waals surface area (Å²) in [6, 6.07) is 0. The Hall–Kier alpha value is -1.46. The number of hydrogen-bond acceptors (Lipinski definition) is 4. The zero-order valence-corrected chi connectivity index (χ0v) is 9.38. The topological polar surface area (TPSA) is 52.6 Å². The molecule has 0 rings (SSSR count). The maximum Gasteiger partial charge on any atom is 0.347 e. The molecule has 0 saturated carbocycles. The Balaban J connectivity index is 4.10. The SMILES string of the molecule is C=C(C)C(=O)OC(C)C(=O)OCC(C)(F)F. The molecule has 0 aromatic rings. The number of carbonyl (C=O) groups excluding carboxylic acids is 2. The molecule has 0 aliphatic rings. The minimum absolute atomic E-state index is 0.112. The molecule has 1 unspecified atom stereocenters. The third-order valence-electron chi connectivity index (χ3n) is 1.43. The van der Waals surface area contributed by atoms with Crippen molar-refractivity contribution in [2.75, 3.05) is 6.61 Å². The second-order valence-corrected chi connectivity index (χ2v) is 3.51. The van der Waals surface area contributed by atoms with Crippen molar-refractivity contribution in [2.45, 2.75) is 32.8 Å². The van der Waals surface area contributed by atoms with Crippen LogP contribution in [0.25, 0.3) is 0 Å². The molecular weight excluding hydrogens is 222 g/mol. The smallest absolute Gasteiger partial charge is 0.347 e. The highest BCUT2D eigenvalue weighted by atomic mass is 19.3. The molecule has 0 saturated heterocycles. The molecule has 92 valence electrons. The number of hydrogen-bond donors (Lipinski definition) is 0. The van der Waals surface area contributed by atoms with Crippen LogP contribution >= 0.6 is 0 Å². The van der Waals surface area contributed by atoms with Gasteiger partial charge in [-0.3, -0.25) is 0 Å². The first-order chi connectivity index (χ1) is 7.13. The monoisotopic (exact) mass is 236 g/mol. The van der Waals surface area contributed by atoms with Gasteiger partial charge in [0.2, 0.25) is 0 Å². The minimum atomic E-state index is -3.10. The summed E-state index contributed by atoms with van der Waals surface area (Å²) < 4.78 is 33.5. The average molecular weight is 236 g/mol. The summed E-state index contributed by atoms with van der Waals surface area (Å²) in [5.74, 6) is -4.89. The molecule has 0 N–H and O–H groups in total. The molecule has 0 heterocycles. The highest BCUT2D eigenvalue weighted by molar-refractivity contribution is 5.89. The largest absolute Gasteiger partial charge is 0.457 e. The molecule has 0 aromatic carbocycles. The Labute approximate surface area is 92.2 Å². The molecule has 0 bridgehead atoms. The lowest BCUT2D eigenvalue weighted by Gasteiger charge is -2.15. The van der Waals surface area contributed by atoms with Gasteiger partial charge in [0.25, 0.3) is 5.92 Å². The number of esters is 2. The highest BCUT2D eigenvalue weighted by Crippen LogP contribution is 2.12. The van der Waals surface area contributed by atoms with Crippen LogP contribution in [0.3, 0.4) is 0 Å². The zero-order chi connectivity index (χ0) is 12.9. The molecular formula is C10H14F2O4. The molecule has 4 nitrogen and oxygen atoms in total. The lowest BCUT2D eigenvalue weighted by molar-refractivity contribution is -0.170. The highest BCUT2D eigenvalue weighted by Gasteiger charge is 2.26. The van der Waals surface area contributed by atoms with Crippen LogP contribution in [0.15, 0.2) is 12.2 Å². The van der Waals surface area contributed by atoms with E-state index in [1.807, 2.05) is 0 Å². The first kappa shape index (κ1) is 14.5. The van der Waals surface area contributed by atoms with Crippen LogP contribution in [0, 0.1) is 0 Å². The first-order valence-electron chi connectivity index (χ1n) is 4.54. The molecule has 16 heavy (non-hydrogen) atoms. The van der Waals surface area contributed by atoms with Crippen LogP contribution in [-0.2, 0) is 19.1 Å². The van der Waals surface area contributed by atoms with Crippen LogP contribution in [0.2, 0.25) is 0 Å². The Kier molecular flexibility index (Phi) is 5.07. The number of rotatable bonds is 5. The predicted octanol–water partition coefficient (Wildman–Crippen LogP) is 1.69. The number of carbonyl (C=O) groups is 2. The van der Waals surface area contributed by atoms with Gasteiger partial charge >= 0.3 is 11.9 Å². The van der Waals surface area contributed by atoms with Gasteiger partial charge in [-0.15, -0.1) is 0 Å². The van der Waals surface area contributed by atoms with Gasteiger partial charge in [-0.05, 0) is 13.8 Å². The summed E-state index contributed by atoms with van der Waals surface area (Å²) in [7, 11) is 0. The molecule has 0 amide bonds. The zero-order valence-electron chi connectivity index (χ0n) is 9.38. The maximum atomic E-state index is 12.3. The van der Waals surface area contributed by atoms with Gasteiger partial charge in [0.05, 0.1) is 0 Å². The van der Waals surface area contributed by atoms with Crippen molar-refractivity contribution in [2.24, 2.45) is 0 Å². The van der Waals surface area contributed by atoms with E-state index in [9.17, 15) is 18.4 Å². The molecule has 0 aromatic heterocycles. The molecule has 0 aliphatic heterocycles. The van der Waals surface area contributed by atoms with Crippen LogP contribution in [0.5, 0.6) is 0 Å². The summed E-state index contributed by atoms with van der Waals surface area (Å²) in [6.45, 7) is 5.52. The van der Waals surface area contributed by atoms with Gasteiger partial charge in [0.1, 0.15) is 0 Å². The second-order valence-electron chi connectivity index (χ2n) is 3.51. The van der Waals surface area contributed by atoms with E-state index in [-0.39, 0.29) is 5.57 Å². The Morgan fingerprint density at radius 3 is 2.31 bits per heavy atom. The van der Waals surface area contributed by atoms with Crippen LogP contribution in [0.4, 0.5) is 8.78 Å². The summed E-state index contributed by atoms with van der Waals surface area (Å²) in [5.41, 5.74) is 0.112. The predicted molar refractivity (Wildman–Crippen MR) is 51.9 cm³/mol. The van der Waals surface area contributed by atoms with E-state index in [4.69, 9.17) is 0 Å². The average Bonchev–Trinajstić information content (AvgIpc) is 2.12. The normalized spacial score (nSPS) is 12.8. The van der Waals surface area contributed by atoms with Gasteiger partial charge in [0.15, 0.2) is 12.7 Å². The quantitative estimate of drug-likeness (QED) is 0.538. The number of ether oxygens (including phenoxy) is 2. The Morgan fingerprint density at radius 1 is 1.44 bits per heavy atom. The van der Waals surface area contributed by atoms with Gasteiger partial charge in [-0.25, -0.2) is 18.4 Å². The van der Waals surface area contributed by atoms with E-state index in [1.54, 1.807) is 0 Å². The lowest BCUT2D eigenvalue weighted by atomic mass is 10.3. The van der Waals surface area contributed by atoms with Gasteiger partial charge < -0.3 is 9.47 Å². The molecule has 6 heteroatoms. The van der Waals surface area contributed by atoms with E-state index in [0.717, 1.165) is 0 Å². The van der Waals surface area contributed by atoms with Crippen molar-refractivity contribution in [3.05, 3.63) is 12.2 Å². The maximum absolute atomic E-state index is 12.3. The fraction of sp³-hybridized carbons (Fsp3) is 0.600. The molecule has 1 atom stereocenters. The van der Waals surface area contributed by atoms with Crippen molar-refractivity contribution in [1.29, 1.82) is 0 Å². The standard InChI is InChI=1S/C10H14F2O4/c1-6(2)8(13)16-7(3)9(14)15-5-10(4,11)12/h7H,1,5H2,2-4H3. The fourth-order valence-electron chi connectivity index (χ4n) is 0.624. The molecule has 0 aliphatic carbocycles. The third kappa shape index (κ3) is 6.10. The molecule has 0 spiro atoms. The van der Waals surface area contributed by atoms with Crippen LogP contribution in [0.1, 0.15) is 20.8 Å². The molecule has 0 fully saturated rings. The summed E-state index contributed by atoms with van der Waals surface area (Å²) in [5, 5.41) is 0. The summed E-state index contributed by atoms with van der Waals surface area (Å²) in [6.07, 6.45) is -1.23. The Morgan fingerprint density at radius 2 is 1.94 bits per heavy atom. The molecule has 0 radical (unpaired) electrons. The van der Waals surface area contributed by atoms with Crippen molar-refractivity contribution in [3.8, 4) is 0 Å². The number of halogens is 2. The third-order valence-corrected chi connectivity index (χ3v) is 1.43. The second kappa shape index (κ2) is 5.58. The lowest BCUT2D eigenvalue weighted by Crippen LogP contribution is -2.30. The van der Waals surface area contributed by atoms with Gasteiger partial charge in [-0.1, -0.05) is 6.58 Å². The van der Waals surface area contributed by atoms with Crippen molar-refractivity contribution in [3.63, 3.8) is 0 Å². The van der Waals surface area contributed by atoms with Crippen molar-refractivity contribution < 1.29 is 27.8 Å². The van der Waals surface area contributed by atoms with Gasteiger partial charge in [0, 0.05) is 12.5 Å². The van der Waals surface area contributed by atoms with Gasteiger partial charge in [-0.2, -0.15) is 0 Å². The van der Waals surface area contributed by atoms with Crippen LogP contribution in [-0.4, -0.2) is 30.6 Å². The summed E-state index contributed by atoms with van der Waals surface area (Å²) >= 11 is 0.